The summed E-state index contributed by atoms with van der Waals surface area (Å²) in [6.45, 7) is 0. The highest BCUT2D eigenvalue weighted by Crippen LogP contribution is 2.30. The Balaban J connectivity index is 2.14. The molecule has 0 saturated carbocycles. The summed E-state index contributed by atoms with van der Waals surface area (Å²) in [6.07, 6.45) is -3.66. The predicted octanol–water partition coefficient (Wildman–Crippen LogP) is 3.04. The molecule has 0 aliphatic carbocycles. The van der Waals surface area contributed by atoms with Crippen LogP contribution >= 0.6 is 0 Å². The molecular weight excluding hydrogens is 345 g/mol. The molecule has 8 nitrogen and oxygen atoms in total. The largest absolute Gasteiger partial charge is 0.573 e. The highest BCUT2D eigenvalue weighted by molar-refractivity contribution is 6.01. The first-order valence-corrected chi connectivity index (χ1v) is 6.70. The Morgan fingerprint density at radius 2 is 1.76 bits per heavy atom. The van der Waals surface area contributed by atoms with Gasteiger partial charge in [0.25, 0.3) is 0 Å². The lowest BCUT2D eigenvalue weighted by atomic mass is 10.3. The van der Waals surface area contributed by atoms with Crippen molar-refractivity contribution >= 4 is 17.4 Å². The highest BCUT2D eigenvalue weighted by Gasteiger charge is 2.32. The third-order valence-electron chi connectivity index (χ3n) is 2.72. The number of hydrogen-bond acceptors (Lipinski definition) is 6. The molecule has 0 bridgehead atoms. The van der Waals surface area contributed by atoms with Crippen molar-refractivity contribution in [1.29, 1.82) is 0 Å². The first-order valence-electron chi connectivity index (χ1n) is 6.70. The van der Waals surface area contributed by atoms with Crippen molar-refractivity contribution in [3.63, 3.8) is 0 Å². The zero-order valence-electron chi connectivity index (χ0n) is 13.0. The topological polar surface area (TPSA) is 94.6 Å². The molecule has 0 saturated heterocycles. The number of urea groups is 1. The number of methoxy groups -OCH3 is 2. The Bertz CT molecular complexity index is 755. The number of carbonyl (C=O) groups excluding carboxylic acids is 1. The molecule has 11 heteroatoms. The van der Waals surface area contributed by atoms with Crippen LogP contribution in [0.2, 0.25) is 0 Å². The van der Waals surface area contributed by atoms with E-state index >= 15 is 0 Å². The molecule has 134 valence electrons. The number of alkyl halides is 3. The number of amides is 2. The molecule has 1 aromatic heterocycles. The number of nitrogens with one attached hydrogen (secondary N) is 2. The molecule has 0 aliphatic heterocycles. The maximum atomic E-state index is 12.4. The van der Waals surface area contributed by atoms with Crippen molar-refractivity contribution in [2.75, 3.05) is 24.9 Å². The molecule has 0 spiro atoms. The Morgan fingerprint density at radius 3 is 2.40 bits per heavy atom. The second-order valence-corrected chi connectivity index (χ2v) is 4.40. The SMILES string of the molecule is COc1ncc(NC(=O)Nc2ccccc2OC(F)(F)F)c(OC)n1. The summed E-state index contributed by atoms with van der Waals surface area (Å²) in [6, 6.07) is 4.28. The van der Waals surface area contributed by atoms with Crippen LogP contribution in [0, 0.1) is 0 Å². The molecule has 2 rings (SSSR count). The second kappa shape index (κ2) is 7.55. The minimum atomic E-state index is -4.89. The van der Waals surface area contributed by atoms with Crippen LogP contribution in [0.15, 0.2) is 30.5 Å². The summed E-state index contributed by atoms with van der Waals surface area (Å²) >= 11 is 0. The minimum absolute atomic E-state index is 0.0156. The molecule has 25 heavy (non-hydrogen) atoms. The van der Waals surface area contributed by atoms with E-state index in [1.165, 1.54) is 38.6 Å². The highest BCUT2D eigenvalue weighted by atomic mass is 19.4. The van der Waals surface area contributed by atoms with Crippen molar-refractivity contribution in [3.8, 4) is 17.6 Å². The van der Waals surface area contributed by atoms with Gasteiger partial charge in [-0.1, -0.05) is 12.1 Å². The van der Waals surface area contributed by atoms with Gasteiger partial charge in [0.2, 0.25) is 5.88 Å². The van der Waals surface area contributed by atoms with E-state index in [1.807, 2.05) is 0 Å². The predicted molar refractivity (Wildman–Crippen MR) is 80.9 cm³/mol. The quantitative estimate of drug-likeness (QED) is 0.853. The fourth-order valence-electron chi connectivity index (χ4n) is 1.75. The van der Waals surface area contributed by atoms with E-state index in [9.17, 15) is 18.0 Å². The van der Waals surface area contributed by atoms with Gasteiger partial charge < -0.3 is 24.8 Å². The number of rotatable bonds is 5. The van der Waals surface area contributed by atoms with Gasteiger partial charge in [-0.25, -0.2) is 9.78 Å². The van der Waals surface area contributed by atoms with Gasteiger partial charge >= 0.3 is 18.4 Å². The molecule has 2 N–H and O–H groups in total. The molecule has 0 unspecified atom stereocenters. The smallest absolute Gasteiger partial charge is 0.479 e. The number of carbonyl (C=O) groups is 1. The lowest BCUT2D eigenvalue weighted by molar-refractivity contribution is -0.274. The average molecular weight is 358 g/mol. The number of halogens is 3. The standard InChI is InChI=1S/C14H13F3N4O4/c1-23-11-9(7-18-13(21-11)24-2)20-12(22)19-8-5-3-4-6-10(8)25-14(15,16)17/h3-7H,1-2H3,(H2,19,20,22). The van der Waals surface area contributed by atoms with E-state index in [0.717, 1.165) is 6.07 Å². The van der Waals surface area contributed by atoms with Crippen molar-refractivity contribution in [2.45, 2.75) is 6.36 Å². The fourth-order valence-corrected chi connectivity index (χ4v) is 1.75. The van der Waals surface area contributed by atoms with Crippen LogP contribution in [0.5, 0.6) is 17.6 Å². The summed E-state index contributed by atoms with van der Waals surface area (Å²) in [4.78, 5) is 19.7. The fraction of sp³-hybridized carbons (Fsp3) is 0.214. The number of benzene rings is 1. The Labute approximate surface area is 139 Å². The molecule has 1 heterocycles. The van der Waals surface area contributed by atoms with E-state index in [2.05, 4.69) is 25.3 Å². The third-order valence-corrected chi connectivity index (χ3v) is 2.72. The van der Waals surface area contributed by atoms with Crippen LogP contribution in [-0.4, -0.2) is 36.6 Å². The van der Waals surface area contributed by atoms with E-state index in [0.29, 0.717) is 0 Å². The first-order chi connectivity index (χ1) is 11.8. The van der Waals surface area contributed by atoms with Crippen LogP contribution in [0.3, 0.4) is 0 Å². The summed E-state index contributed by atoms with van der Waals surface area (Å²) in [7, 11) is 2.67. The second-order valence-electron chi connectivity index (χ2n) is 4.40. The first kappa shape index (κ1) is 18.1. The zero-order chi connectivity index (χ0) is 18.4. The van der Waals surface area contributed by atoms with E-state index in [-0.39, 0.29) is 23.3 Å². The maximum Gasteiger partial charge on any atom is 0.573 e. The van der Waals surface area contributed by atoms with Gasteiger partial charge in [-0.05, 0) is 12.1 Å². The zero-order valence-corrected chi connectivity index (χ0v) is 13.0. The van der Waals surface area contributed by atoms with Gasteiger partial charge in [-0.3, -0.25) is 0 Å². The van der Waals surface area contributed by atoms with Crippen LogP contribution in [0.25, 0.3) is 0 Å². The number of anilines is 2. The van der Waals surface area contributed by atoms with E-state index in [1.54, 1.807) is 0 Å². The summed E-state index contributed by atoms with van der Waals surface area (Å²) in [5, 5.41) is 4.60. The van der Waals surface area contributed by atoms with Crippen molar-refractivity contribution in [3.05, 3.63) is 30.5 Å². The molecular formula is C14H13F3N4O4. The molecule has 1 aromatic carbocycles. The minimum Gasteiger partial charge on any atom is -0.479 e. The van der Waals surface area contributed by atoms with Crippen molar-refractivity contribution in [1.82, 2.24) is 9.97 Å². The Kier molecular flexibility index (Phi) is 5.47. The normalized spacial score (nSPS) is 10.8. The lowest BCUT2D eigenvalue weighted by Crippen LogP contribution is -2.22. The van der Waals surface area contributed by atoms with E-state index in [4.69, 9.17) is 9.47 Å². The number of hydrogen-bond donors (Lipinski definition) is 2. The Morgan fingerprint density at radius 1 is 1.08 bits per heavy atom. The molecule has 2 aromatic rings. The van der Waals surface area contributed by atoms with Gasteiger partial charge in [0.15, 0.2) is 5.75 Å². The molecule has 0 aliphatic rings. The molecule has 0 radical (unpaired) electrons. The molecule has 0 atom stereocenters. The summed E-state index contributed by atoms with van der Waals surface area (Å²) < 4.78 is 50.8. The van der Waals surface area contributed by atoms with Gasteiger partial charge in [-0.2, -0.15) is 4.98 Å². The summed E-state index contributed by atoms with van der Waals surface area (Å²) in [5.74, 6) is -0.537. The van der Waals surface area contributed by atoms with Gasteiger partial charge in [0, 0.05) is 0 Å². The average Bonchev–Trinajstić information content (AvgIpc) is 2.55. The monoisotopic (exact) mass is 358 g/mol. The van der Waals surface area contributed by atoms with Gasteiger partial charge in [0.05, 0.1) is 26.1 Å². The number of para-hydroxylation sites is 2. The van der Waals surface area contributed by atoms with Crippen LogP contribution < -0.4 is 24.8 Å². The molecule has 2 amide bonds. The summed E-state index contributed by atoms with van der Waals surface area (Å²) in [5.41, 5.74) is -0.0826. The lowest BCUT2D eigenvalue weighted by Gasteiger charge is -2.14. The number of nitrogens with zero attached hydrogens (tertiary/aromatic N) is 2. The number of aromatic nitrogens is 2. The molecule has 0 fully saturated rings. The van der Waals surface area contributed by atoms with Crippen molar-refractivity contribution in [2.24, 2.45) is 0 Å². The third kappa shape index (κ3) is 5.12. The van der Waals surface area contributed by atoms with Crippen molar-refractivity contribution < 1.29 is 32.2 Å². The van der Waals surface area contributed by atoms with Crippen LogP contribution in [-0.2, 0) is 0 Å². The number of ether oxygens (including phenoxy) is 3. The van der Waals surface area contributed by atoms with Gasteiger partial charge in [0.1, 0.15) is 5.69 Å². The Hall–Kier alpha value is -3.24. The van der Waals surface area contributed by atoms with E-state index < -0.39 is 18.1 Å². The van der Waals surface area contributed by atoms with Gasteiger partial charge in [-0.15, -0.1) is 13.2 Å². The maximum absolute atomic E-state index is 12.4. The van der Waals surface area contributed by atoms with Crippen LogP contribution in [0.4, 0.5) is 29.3 Å². The van der Waals surface area contributed by atoms with Crippen LogP contribution in [0.1, 0.15) is 0 Å².